The molecule has 2 nitrogen and oxygen atoms in total. The molecule has 0 fully saturated rings. The fraction of sp³-hybridized carbons (Fsp3) is 0.571. The highest BCUT2D eigenvalue weighted by atomic mass is 35.5. The third-order valence-electron chi connectivity index (χ3n) is 3.07. The number of halogens is 1. The summed E-state index contributed by atoms with van der Waals surface area (Å²) in [4.78, 5) is 0. The standard InChI is InChI=1S/C14H20ClNO/c1-4-7-16-12-9-14(2,3)17-13-8-10(15)5-6-11(12)13/h5-6,8,12,16H,4,7,9H2,1-3H3. The Bertz CT molecular complexity index is 403. The minimum absolute atomic E-state index is 0.136. The van der Waals surface area contributed by atoms with Crippen molar-refractivity contribution < 1.29 is 4.74 Å². The van der Waals surface area contributed by atoms with Crippen molar-refractivity contribution in [2.24, 2.45) is 0 Å². The molecule has 94 valence electrons. The largest absolute Gasteiger partial charge is 0.487 e. The highest BCUT2D eigenvalue weighted by Gasteiger charge is 2.33. The Morgan fingerprint density at radius 2 is 2.24 bits per heavy atom. The highest BCUT2D eigenvalue weighted by molar-refractivity contribution is 6.30. The van der Waals surface area contributed by atoms with Gasteiger partial charge in [-0.2, -0.15) is 0 Å². The van der Waals surface area contributed by atoms with Crippen molar-refractivity contribution in [1.82, 2.24) is 5.32 Å². The third kappa shape index (κ3) is 2.93. The summed E-state index contributed by atoms with van der Waals surface area (Å²) in [5.41, 5.74) is 1.09. The van der Waals surface area contributed by atoms with Crippen LogP contribution in [0.15, 0.2) is 18.2 Å². The zero-order chi connectivity index (χ0) is 12.5. The molecule has 1 aliphatic rings. The molecule has 0 amide bonds. The van der Waals surface area contributed by atoms with Crippen LogP contribution in [-0.2, 0) is 0 Å². The van der Waals surface area contributed by atoms with Crippen LogP contribution in [0.2, 0.25) is 5.02 Å². The average molecular weight is 254 g/mol. The van der Waals surface area contributed by atoms with E-state index < -0.39 is 0 Å². The zero-order valence-electron chi connectivity index (χ0n) is 10.7. The van der Waals surface area contributed by atoms with Gasteiger partial charge in [0.25, 0.3) is 0 Å². The summed E-state index contributed by atoms with van der Waals surface area (Å²) in [6, 6.07) is 6.28. The van der Waals surface area contributed by atoms with E-state index in [0.29, 0.717) is 6.04 Å². The van der Waals surface area contributed by atoms with Gasteiger partial charge in [-0.25, -0.2) is 0 Å². The maximum Gasteiger partial charge on any atom is 0.126 e. The van der Waals surface area contributed by atoms with Gasteiger partial charge in [-0.1, -0.05) is 24.6 Å². The van der Waals surface area contributed by atoms with Gasteiger partial charge in [-0.05, 0) is 38.9 Å². The molecule has 17 heavy (non-hydrogen) atoms. The minimum Gasteiger partial charge on any atom is -0.487 e. The van der Waals surface area contributed by atoms with Crippen molar-refractivity contribution in [3.05, 3.63) is 28.8 Å². The molecule has 0 spiro atoms. The quantitative estimate of drug-likeness (QED) is 0.881. The molecule has 1 aromatic rings. The summed E-state index contributed by atoms with van der Waals surface area (Å²) in [7, 11) is 0. The van der Waals surface area contributed by atoms with Crippen LogP contribution in [0.5, 0.6) is 5.75 Å². The Morgan fingerprint density at radius 1 is 1.47 bits per heavy atom. The van der Waals surface area contributed by atoms with E-state index in [1.165, 1.54) is 5.56 Å². The molecule has 2 rings (SSSR count). The van der Waals surface area contributed by atoms with Gasteiger partial charge in [-0.3, -0.25) is 0 Å². The van der Waals surface area contributed by atoms with Gasteiger partial charge in [0, 0.05) is 23.0 Å². The fourth-order valence-electron chi connectivity index (χ4n) is 2.33. The number of rotatable bonds is 3. The van der Waals surface area contributed by atoms with Gasteiger partial charge in [0.05, 0.1) is 0 Å². The predicted octanol–water partition coefficient (Wildman–Crippen LogP) is 3.94. The molecule has 0 aromatic heterocycles. The van der Waals surface area contributed by atoms with E-state index in [0.717, 1.165) is 30.2 Å². The Labute approximate surface area is 108 Å². The Hall–Kier alpha value is -0.730. The lowest BCUT2D eigenvalue weighted by atomic mass is 9.89. The monoisotopic (exact) mass is 253 g/mol. The summed E-state index contributed by atoms with van der Waals surface area (Å²) in [5.74, 6) is 0.919. The molecule has 3 heteroatoms. The number of fused-ring (bicyclic) bond motifs is 1. The molecule has 1 aliphatic heterocycles. The Morgan fingerprint density at radius 3 is 2.94 bits per heavy atom. The molecule has 1 N–H and O–H groups in total. The normalized spacial score (nSPS) is 21.8. The van der Waals surface area contributed by atoms with E-state index in [1.54, 1.807) is 0 Å². The van der Waals surface area contributed by atoms with E-state index in [-0.39, 0.29) is 5.60 Å². The second-order valence-corrected chi connectivity index (χ2v) is 5.69. The van der Waals surface area contributed by atoms with Crippen LogP contribution in [-0.4, -0.2) is 12.1 Å². The number of ether oxygens (including phenoxy) is 1. The molecule has 1 heterocycles. The number of benzene rings is 1. The Kier molecular flexibility index (Phi) is 3.64. The summed E-state index contributed by atoms with van der Waals surface area (Å²) in [6.07, 6.45) is 2.13. The van der Waals surface area contributed by atoms with Crippen molar-refractivity contribution in [1.29, 1.82) is 0 Å². The van der Waals surface area contributed by atoms with Crippen LogP contribution in [0, 0.1) is 0 Å². The van der Waals surface area contributed by atoms with Crippen LogP contribution >= 0.6 is 11.6 Å². The van der Waals surface area contributed by atoms with Crippen molar-refractivity contribution in [2.45, 2.75) is 45.3 Å². The van der Waals surface area contributed by atoms with E-state index in [4.69, 9.17) is 16.3 Å². The summed E-state index contributed by atoms with van der Waals surface area (Å²) in [6.45, 7) is 7.46. The first-order valence-corrected chi connectivity index (χ1v) is 6.61. The predicted molar refractivity (Wildman–Crippen MR) is 71.8 cm³/mol. The molecule has 1 unspecified atom stereocenters. The highest BCUT2D eigenvalue weighted by Crippen LogP contribution is 2.40. The molecule has 1 atom stereocenters. The molecular weight excluding hydrogens is 234 g/mol. The van der Waals surface area contributed by atoms with Crippen molar-refractivity contribution in [3.63, 3.8) is 0 Å². The second kappa shape index (κ2) is 4.87. The van der Waals surface area contributed by atoms with Crippen molar-refractivity contribution >= 4 is 11.6 Å². The summed E-state index contributed by atoms with van der Waals surface area (Å²) < 4.78 is 5.99. The van der Waals surface area contributed by atoms with Crippen LogP contribution in [0.1, 0.15) is 45.2 Å². The SMILES string of the molecule is CCCNC1CC(C)(C)Oc2cc(Cl)ccc21. The van der Waals surface area contributed by atoms with Crippen molar-refractivity contribution in [3.8, 4) is 5.75 Å². The van der Waals surface area contributed by atoms with Crippen molar-refractivity contribution in [2.75, 3.05) is 6.54 Å². The molecule has 0 aliphatic carbocycles. The number of nitrogens with one attached hydrogen (secondary N) is 1. The lowest BCUT2D eigenvalue weighted by Crippen LogP contribution is -2.39. The first kappa shape index (κ1) is 12.7. The lowest BCUT2D eigenvalue weighted by Gasteiger charge is -2.38. The molecule has 0 saturated carbocycles. The van der Waals surface area contributed by atoms with Gasteiger partial charge in [0.15, 0.2) is 0 Å². The summed E-state index contributed by atoms with van der Waals surface area (Å²) in [5, 5.41) is 4.31. The topological polar surface area (TPSA) is 21.3 Å². The fourth-order valence-corrected chi connectivity index (χ4v) is 2.49. The van der Waals surface area contributed by atoms with Crippen LogP contribution in [0.3, 0.4) is 0 Å². The molecule has 0 radical (unpaired) electrons. The van der Waals surface area contributed by atoms with Gasteiger partial charge in [-0.15, -0.1) is 0 Å². The van der Waals surface area contributed by atoms with Gasteiger partial charge < -0.3 is 10.1 Å². The minimum atomic E-state index is -0.136. The second-order valence-electron chi connectivity index (χ2n) is 5.25. The maximum absolute atomic E-state index is 6.02. The average Bonchev–Trinajstić information content (AvgIpc) is 2.23. The molecular formula is C14H20ClNO. The molecule has 1 aromatic carbocycles. The number of hydrogen-bond acceptors (Lipinski definition) is 2. The lowest BCUT2D eigenvalue weighted by molar-refractivity contribution is 0.0662. The van der Waals surface area contributed by atoms with E-state index in [1.807, 2.05) is 12.1 Å². The zero-order valence-corrected chi connectivity index (χ0v) is 11.5. The third-order valence-corrected chi connectivity index (χ3v) is 3.31. The smallest absolute Gasteiger partial charge is 0.126 e. The van der Waals surface area contributed by atoms with E-state index in [2.05, 4.69) is 32.2 Å². The van der Waals surface area contributed by atoms with Gasteiger partial charge in [0.1, 0.15) is 11.4 Å². The molecule has 0 saturated heterocycles. The summed E-state index contributed by atoms with van der Waals surface area (Å²) >= 11 is 6.02. The first-order valence-electron chi connectivity index (χ1n) is 6.24. The maximum atomic E-state index is 6.02. The molecule has 0 bridgehead atoms. The van der Waals surface area contributed by atoms with E-state index >= 15 is 0 Å². The van der Waals surface area contributed by atoms with E-state index in [9.17, 15) is 0 Å². The Balaban J connectivity index is 2.30. The van der Waals surface area contributed by atoms with Gasteiger partial charge >= 0.3 is 0 Å². The van der Waals surface area contributed by atoms with Crippen LogP contribution < -0.4 is 10.1 Å². The number of hydrogen-bond donors (Lipinski definition) is 1. The first-order chi connectivity index (χ1) is 8.02. The van der Waals surface area contributed by atoms with Gasteiger partial charge in [0.2, 0.25) is 0 Å². The van der Waals surface area contributed by atoms with Crippen LogP contribution in [0.4, 0.5) is 0 Å². The van der Waals surface area contributed by atoms with Crippen LogP contribution in [0.25, 0.3) is 0 Å².